The molecule has 1 N–H and O–H groups in total. The number of nitriles is 1. The fraction of sp³-hybridized carbons (Fsp3) is 0.500. The van der Waals surface area contributed by atoms with Crippen LogP contribution < -0.4 is 5.32 Å². The lowest BCUT2D eigenvalue weighted by atomic mass is 10.3. The van der Waals surface area contributed by atoms with Gasteiger partial charge in [-0.25, -0.2) is 13.4 Å². The number of hydrogen-bond acceptors (Lipinski definition) is 5. The van der Waals surface area contributed by atoms with Gasteiger partial charge in [-0.05, 0) is 35.8 Å². The molecule has 0 aromatic carbocycles. The molecule has 0 bridgehead atoms. The molecule has 1 aromatic heterocycles. The number of anilines is 1. The fourth-order valence-corrected chi connectivity index (χ4v) is 4.04. The van der Waals surface area contributed by atoms with E-state index in [1.165, 1.54) is 16.6 Å². The molecule has 8 heteroatoms. The topological polar surface area (TPSA) is 86.1 Å². The van der Waals surface area contributed by atoms with Gasteiger partial charge in [-0.15, -0.1) is 0 Å². The van der Waals surface area contributed by atoms with Gasteiger partial charge in [0.2, 0.25) is 10.0 Å². The molecule has 0 amide bonds. The maximum absolute atomic E-state index is 12.7. The lowest BCUT2D eigenvalue weighted by Gasteiger charge is -2.25. The number of sulfonamides is 1. The predicted octanol–water partition coefficient (Wildman–Crippen LogP) is 2.20. The highest BCUT2D eigenvalue weighted by Crippen LogP contribution is 2.27. The first-order valence-corrected chi connectivity index (χ1v) is 8.30. The molecule has 1 rings (SSSR count). The second kappa shape index (κ2) is 7.02. The zero-order valence-corrected chi connectivity index (χ0v) is 14.0. The lowest BCUT2D eigenvalue weighted by molar-refractivity contribution is 0.360. The van der Waals surface area contributed by atoms with Gasteiger partial charge in [0.15, 0.2) is 0 Å². The Balaban J connectivity index is 3.33. The molecule has 110 valence electrons. The van der Waals surface area contributed by atoms with Gasteiger partial charge >= 0.3 is 0 Å². The molecule has 0 fully saturated rings. The van der Waals surface area contributed by atoms with Crippen LogP contribution in [0.3, 0.4) is 0 Å². The standard InChI is InChI=1S/C12H17BrN4O2S/c1-9(2)17(6-4-5-14)20(18,19)11-7-10(13)8-16-12(11)15-3/h7-9H,4,6H2,1-3H3,(H,15,16). The molecule has 1 heterocycles. The Labute approximate surface area is 128 Å². The van der Waals surface area contributed by atoms with Gasteiger partial charge in [0.05, 0.1) is 6.07 Å². The van der Waals surface area contributed by atoms with Gasteiger partial charge in [0, 0.05) is 36.7 Å². The Hall–Kier alpha value is -1.17. The predicted molar refractivity (Wildman–Crippen MR) is 80.7 cm³/mol. The molecule has 0 aliphatic carbocycles. The average Bonchev–Trinajstić information content (AvgIpc) is 2.38. The Bertz CT molecular complexity index is 610. The van der Waals surface area contributed by atoms with Crippen molar-refractivity contribution in [2.24, 2.45) is 0 Å². The van der Waals surface area contributed by atoms with Gasteiger partial charge < -0.3 is 5.32 Å². The summed E-state index contributed by atoms with van der Waals surface area (Å²) < 4.78 is 27.3. The molecule has 0 saturated heterocycles. The Morgan fingerprint density at radius 3 is 2.70 bits per heavy atom. The maximum atomic E-state index is 12.7. The zero-order chi connectivity index (χ0) is 15.3. The Morgan fingerprint density at radius 2 is 2.20 bits per heavy atom. The SMILES string of the molecule is CNc1ncc(Br)cc1S(=O)(=O)N(CCC#N)C(C)C. The van der Waals surface area contributed by atoms with Gasteiger partial charge in [-0.1, -0.05) is 0 Å². The molecular formula is C12H17BrN4O2S. The first kappa shape index (κ1) is 16.9. The molecule has 6 nitrogen and oxygen atoms in total. The van der Waals surface area contributed by atoms with Crippen molar-refractivity contribution in [2.45, 2.75) is 31.2 Å². The number of pyridine rings is 1. The normalized spacial score (nSPS) is 11.7. The fourth-order valence-electron chi connectivity index (χ4n) is 1.75. The Kier molecular flexibility index (Phi) is 5.92. The van der Waals surface area contributed by atoms with Crippen LogP contribution in [0.1, 0.15) is 20.3 Å². The van der Waals surface area contributed by atoms with E-state index in [1.54, 1.807) is 20.9 Å². The number of hydrogen-bond donors (Lipinski definition) is 1. The van der Waals surface area contributed by atoms with Crippen molar-refractivity contribution in [3.63, 3.8) is 0 Å². The van der Waals surface area contributed by atoms with Crippen LogP contribution in [0.25, 0.3) is 0 Å². The quantitative estimate of drug-likeness (QED) is 0.840. The highest BCUT2D eigenvalue weighted by molar-refractivity contribution is 9.10. The minimum absolute atomic E-state index is 0.0982. The van der Waals surface area contributed by atoms with E-state index in [4.69, 9.17) is 5.26 Å². The smallest absolute Gasteiger partial charge is 0.247 e. The summed E-state index contributed by atoms with van der Waals surface area (Å²) in [6.07, 6.45) is 1.67. The first-order chi connectivity index (χ1) is 9.34. The summed E-state index contributed by atoms with van der Waals surface area (Å²) in [7, 11) is -2.10. The summed E-state index contributed by atoms with van der Waals surface area (Å²) in [6, 6.07) is 3.24. The largest absolute Gasteiger partial charge is 0.372 e. The summed E-state index contributed by atoms with van der Waals surface area (Å²) in [4.78, 5) is 4.15. The van der Waals surface area contributed by atoms with Crippen LogP contribution in [-0.4, -0.2) is 37.3 Å². The van der Waals surface area contributed by atoms with E-state index in [-0.39, 0.29) is 29.7 Å². The second-order valence-corrected chi connectivity index (χ2v) is 7.14. The van der Waals surface area contributed by atoms with Gasteiger partial charge in [0.25, 0.3) is 0 Å². The molecule has 0 unspecified atom stereocenters. The van der Waals surface area contributed by atoms with E-state index >= 15 is 0 Å². The van der Waals surface area contributed by atoms with E-state index in [1.807, 2.05) is 6.07 Å². The van der Waals surface area contributed by atoms with Crippen LogP contribution in [0.4, 0.5) is 5.82 Å². The maximum Gasteiger partial charge on any atom is 0.247 e. The number of nitrogens with zero attached hydrogens (tertiary/aromatic N) is 3. The third-order valence-corrected chi connectivity index (χ3v) is 5.19. The van der Waals surface area contributed by atoms with E-state index < -0.39 is 10.0 Å². The van der Waals surface area contributed by atoms with Crippen molar-refractivity contribution in [1.82, 2.24) is 9.29 Å². The number of halogens is 1. The van der Waals surface area contributed by atoms with Crippen LogP contribution >= 0.6 is 15.9 Å². The van der Waals surface area contributed by atoms with Crippen LogP contribution in [0.2, 0.25) is 0 Å². The number of rotatable bonds is 6. The molecule has 0 saturated carbocycles. The van der Waals surface area contributed by atoms with Crippen LogP contribution in [0.15, 0.2) is 21.6 Å². The number of nitrogens with one attached hydrogen (secondary N) is 1. The number of aromatic nitrogens is 1. The van der Waals surface area contributed by atoms with E-state index in [2.05, 4.69) is 26.2 Å². The Morgan fingerprint density at radius 1 is 1.55 bits per heavy atom. The van der Waals surface area contributed by atoms with Crippen molar-refractivity contribution in [1.29, 1.82) is 5.26 Å². The highest BCUT2D eigenvalue weighted by atomic mass is 79.9. The molecule has 1 aromatic rings. The van der Waals surface area contributed by atoms with Crippen molar-refractivity contribution < 1.29 is 8.42 Å². The van der Waals surface area contributed by atoms with E-state index in [9.17, 15) is 8.42 Å². The lowest BCUT2D eigenvalue weighted by Crippen LogP contribution is -2.38. The highest BCUT2D eigenvalue weighted by Gasteiger charge is 2.29. The first-order valence-electron chi connectivity index (χ1n) is 6.06. The average molecular weight is 361 g/mol. The van der Waals surface area contributed by atoms with Crippen molar-refractivity contribution in [3.8, 4) is 6.07 Å². The molecule has 0 spiro atoms. The monoisotopic (exact) mass is 360 g/mol. The van der Waals surface area contributed by atoms with Gasteiger partial charge in [-0.3, -0.25) is 0 Å². The van der Waals surface area contributed by atoms with Crippen molar-refractivity contribution >= 4 is 31.8 Å². The molecule has 20 heavy (non-hydrogen) atoms. The van der Waals surface area contributed by atoms with Crippen LogP contribution in [0.5, 0.6) is 0 Å². The van der Waals surface area contributed by atoms with Crippen LogP contribution in [-0.2, 0) is 10.0 Å². The molecule has 0 radical (unpaired) electrons. The molecule has 0 atom stereocenters. The summed E-state index contributed by atoms with van der Waals surface area (Å²) in [5, 5.41) is 11.5. The van der Waals surface area contributed by atoms with Crippen molar-refractivity contribution in [2.75, 3.05) is 18.9 Å². The summed E-state index contributed by atoms with van der Waals surface area (Å²) in [5.74, 6) is 0.288. The van der Waals surface area contributed by atoms with Crippen LogP contribution in [0, 0.1) is 11.3 Å². The van der Waals surface area contributed by atoms with E-state index in [0.717, 1.165) is 0 Å². The van der Waals surface area contributed by atoms with Gasteiger partial charge in [0.1, 0.15) is 10.7 Å². The zero-order valence-electron chi connectivity index (χ0n) is 11.6. The summed E-state index contributed by atoms with van der Waals surface area (Å²) in [5.41, 5.74) is 0. The van der Waals surface area contributed by atoms with Gasteiger partial charge in [-0.2, -0.15) is 9.57 Å². The second-order valence-electron chi connectivity index (χ2n) is 4.37. The third kappa shape index (κ3) is 3.69. The molecule has 0 aliphatic heterocycles. The van der Waals surface area contributed by atoms with E-state index in [0.29, 0.717) is 4.47 Å². The van der Waals surface area contributed by atoms with Crippen molar-refractivity contribution in [3.05, 3.63) is 16.7 Å². The third-order valence-electron chi connectivity index (χ3n) is 2.66. The minimum atomic E-state index is -3.71. The summed E-state index contributed by atoms with van der Waals surface area (Å²) >= 11 is 3.23. The minimum Gasteiger partial charge on any atom is -0.372 e. The molecule has 0 aliphatic rings. The summed E-state index contributed by atoms with van der Waals surface area (Å²) in [6.45, 7) is 3.71. The molecular weight excluding hydrogens is 344 g/mol.